The summed E-state index contributed by atoms with van der Waals surface area (Å²) >= 11 is 1.57. The first-order chi connectivity index (χ1) is 10.2. The van der Waals surface area contributed by atoms with Crippen LogP contribution in [0, 0.1) is 0 Å². The second kappa shape index (κ2) is 6.41. The molecule has 1 unspecified atom stereocenters. The van der Waals surface area contributed by atoms with E-state index in [9.17, 15) is 4.79 Å². The predicted molar refractivity (Wildman–Crippen MR) is 82.7 cm³/mol. The molecule has 1 saturated heterocycles. The summed E-state index contributed by atoms with van der Waals surface area (Å²) in [6, 6.07) is 8.10. The number of amides is 1. The Bertz CT molecular complexity index is 698. The van der Waals surface area contributed by atoms with Gasteiger partial charge in [0.05, 0.1) is 16.3 Å². The lowest BCUT2D eigenvalue weighted by Gasteiger charge is -2.07. The normalized spacial score (nSPS) is 19.3. The van der Waals surface area contributed by atoms with Crippen molar-refractivity contribution in [3.8, 4) is 0 Å². The first-order valence-corrected chi connectivity index (χ1v) is 8.04. The molecule has 0 bridgehead atoms. The fourth-order valence-corrected chi connectivity index (χ4v) is 3.50. The number of aryl methyl sites for hydroxylation is 1. The standard InChI is InChI=1S/C15H19N3O2S/c1-18-12-6-2-3-7-13(12)21-15(18)17-16-14(19)9-8-11-5-4-10-20-11/h2-3,6-7,11H,4-5,8-10H2,1H3,(H,16,19). The van der Waals surface area contributed by atoms with Crippen molar-refractivity contribution in [3.63, 3.8) is 0 Å². The van der Waals surface area contributed by atoms with E-state index in [1.165, 1.54) is 0 Å². The maximum absolute atomic E-state index is 11.8. The van der Waals surface area contributed by atoms with Gasteiger partial charge in [0.2, 0.25) is 10.7 Å². The van der Waals surface area contributed by atoms with E-state index in [4.69, 9.17) is 4.74 Å². The average molecular weight is 305 g/mol. The SMILES string of the molecule is Cn1c(=NNC(=O)CCC2CCCO2)sc2ccccc21. The van der Waals surface area contributed by atoms with Crippen molar-refractivity contribution in [1.82, 2.24) is 9.99 Å². The molecular weight excluding hydrogens is 286 g/mol. The van der Waals surface area contributed by atoms with Crippen LogP contribution in [-0.4, -0.2) is 23.2 Å². The minimum Gasteiger partial charge on any atom is -0.378 e. The van der Waals surface area contributed by atoms with Gasteiger partial charge in [0.25, 0.3) is 0 Å². The van der Waals surface area contributed by atoms with Crippen LogP contribution >= 0.6 is 11.3 Å². The zero-order chi connectivity index (χ0) is 14.7. The Morgan fingerprint density at radius 1 is 1.52 bits per heavy atom. The van der Waals surface area contributed by atoms with Gasteiger partial charge in [-0.05, 0) is 31.4 Å². The van der Waals surface area contributed by atoms with Gasteiger partial charge in [-0.15, -0.1) is 5.10 Å². The smallest absolute Gasteiger partial charge is 0.240 e. The van der Waals surface area contributed by atoms with E-state index in [-0.39, 0.29) is 12.0 Å². The average Bonchev–Trinajstić information content (AvgIpc) is 3.12. The summed E-state index contributed by atoms with van der Waals surface area (Å²) in [5.74, 6) is -0.0528. The number of rotatable bonds is 4. The number of carbonyl (C=O) groups is 1. The molecule has 1 aliphatic rings. The van der Waals surface area contributed by atoms with E-state index < -0.39 is 0 Å². The molecule has 21 heavy (non-hydrogen) atoms. The third-order valence-corrected chi connectivity index (χ3v) is 4.82. The van der Waals surface area contributed by atoms with Crippen LogP contribution in [0.15, 0.2) is 29.4 Å². The first kappa shape index (κ1) is 14.3. The summed E-state index contributed by atoms with van der Waals surface area (Å²) in [5.41, 5.74) is 3.77. The zero-order valence-electron chi connectivity index (χ0n) is 12.0. The number of thiazole rings is 1. The highest BCUT2D eigenvalue weighted by Crippen LogP contribution is 2.17. The highest BCUT2D eigenvalue weighted by molar-refractivity contribution is 7.16. The number of nitrogens with zero attached hydrogens (tertiary/aromatic N) is 2. The van der Waals surface area contributed by atoms with Crippen LogP contribution in [0.2, 0.25) is 0 Å². The molecule has 1 atom stereocenters. The molecule has 0 radical (unpaired) electrons. The lowest BCUT2D eigenvalue weighted by atomic mass is 10.1. The Hall–Kier alpha value is -1.66. The minimum absolute atomic E-state index is 0.0528. The molecule has 2 aromatic rings. The monoisotopic (exact) mass is 305 g/mol. The lowest BCUT2D eigenvalue weighted by molar-refractivity contribution is -0.121. The van der Waals surface area contributed by atoms with Gasteiger partial charge in [0, 0.05) is 20.1 Å². The fraction of sp³-hybridized carbons (Fsp3) is 0.467. The molecule has 1 fully saturated rings. The van der Waals surface area contributed by atoms with Crippen molar-refractivity contribution in [2.24, 2.45) is 12.1 Å². The molecule has 6 heteroatoms. The number of para-hydroxylation sites is 1. The zero-order valence-corrected chi connectivity index (χ0v) is 12.9. The van der Waals surface area contributed by atoms with Gasteiger partial charge in [-0.3, -0.25) is 4.79 Å². The molecule has 1 aromatic carbocycles. The highest BCUT2D eigenvalue weighted by atomic mass is 32.1. The van der Waals surface area contributed by atoms with Crippen molar-refractivity contribution < 1.29 is 9.53 Å². The number of hydrogen-bond acceptors (Lipinski definition) is 4. The third kappa shape index (κ3) is 3.33. The van der Waals surface area contributed by atoms with Crippen molar-refractivity contribution in [2.75, 3.05) is 6.61 Å². The van der Waals surface area contributed by atoms with Crippen molar-refractivity contribution in [3.05, 3.63) is 29.1 Å². The van der Waals surface area contributed by atoms with E-state index >= 15 is 0 Å². The summed E-state index contributed by atoms with van der Waals surface area (Å²) in [4.78, 5) is 12.6. The Morgan fingerprint density at radius 3 is 3.14 bits per heavy atom. The van der Waals surface area contributed by atoms with Crippen LogP contribution in [0.25, 0.3) is 10.2 Å². The number of hydrogen-bond donors (Lipinski definition) is 1. The second-order valence-electron chi connectivity index (χ2n) is 5.23. The molecule has 0 spiro atoms. The predicted octanol–water partition coefficient (Wildman–Crippen LogP) is 2.13. The highest BCUT2D eigenvalue weighted by Gasteiger charge is 2.16. The fourth-order valence-electron chi connectivity index (χ4n) is 2.52. The van der Waals surface area contributed by atoms with Gasteiger partial charge >= 0.3 is 0 Å². The Morgan fingerprint density at radius 2 is 2.38 bits per heavy atom. The summed E-state index contributed by atoms with van der Waals surface area (Å²) in [6.45, 7) is 0.828. The largest absolute Gasteiger partial charge is 0.378 e. The topological polar surface area (TPSA) is 55.6 Å². The van der Waals surface area contributed by atoms with Gasteiger partial charge in [-0.1, -0.05) is 23.5 Å². The Labute approximate surface area is 127 Å². The van der Waals surface area contributed by atoms with Crippen molar-refractivity contribution >= 4 is 27.5 Å². The molecular formula is C15H19N3O2S. The molecule has 0 saturated carbocycles. The van der Waals surface area contributed by atoms with Gasteiger partial charge in [-0.25, -0.2) is 5.43 Å². The minimum atomic E-state index is -0.0528. The van der Waals surface area contributed by atoms with E-state index in [2.05, 4.69) is 16.6 Å². The molecule has 0 aliphatic carbocycles. The number of nitrogens with one attached hydrogen (secondary N) is 1. The molecule has 1 amide bonds. The van der Waals surface area contributed by atoms with Gasteiger partial charge in [0.15, 0.2) is 0 Å². The number of carbonyl (C=O) groups excluding carboxylic acids is 1. The molecule has 1 aromatic heterocycles. The number of aromatic nitrogens is 1. The number of fused-ring (bicyclic) bond motifs is 1. The van der Waals surface area contributed by atoms with Crippen LogP contribution in [-0.2, 0) is 16.6 Å². The Kier molecular flexibility index (Phi) is 4.36. The van der Waals surface area contributed by atoms with Crippen LogP contribution in [0.1, 0.15) is 25.7 Å². The van der Waals surface area contributed by atoms with Crippen molar-refractivity contribution in [2.45, 2.75) is 31.8 Å². The molecule has 5 nitrogen and oxygen atoms in total. The van der Waals surface area contributed by atoms with Gasteiger partial charge < -0.3 is 9.30 Å². The summed E-state index contributed by atoms with van der Waals surface area (Å²) in [7, 11) is 1.95. The van der Waals surface area contributed by atoms with Crippen LogP contribution in [0.3, 0.4) is 0 Å². The van der Waals surface area contributed by atoms with E-state index in [0.29, 0.717) is 6.42 Å². The van der Waals surface area contributed by atoms with Crippen molar-refractivity contribution in [1.29, 1.82) is 0 Å². The summed E-state index contributed by atoms with van der Waals surface area (Å²) < 4.78 is 8.66. The maximum Gasteiger partial charge on any atom is 0.240 e. The van der Waals surface area contributed by atoms with Crippen LogP contribution in [0.5, 0.6) is 0 Å². The summed E-state index contributed by atoms with van der Waals surface area (Å²) in [6.07, 6.45) is 3.66. The number of benzene rings is 1. The van der Waals surface area contributed by atoms with E-state index in [1.807, 2.05) is 29.8 Å². The third-order valence-electron chi connectivity index (χ3n) is 3.71. The number of ether oxygens (including phenoxy) is 1. The van der Waals surface area contributed by atoms with Crippen LogP contribution in [0.4, 0.5) is 0 Å². The van der Waals surface area contributed by atoms with E-state index in [1.54, 1.807) is 11.3 Å². The van der Waals surface area contributed by atoms with Crippen LogP contribution < -0.4 is 10.2 Å². The second-order valence-corrected chi connectivity index (χ2v) is 6.24. The molecule has 1 aliphatic heterocycles. The summed E-state index contributed by atoms with van der Waals surface area (Å²) in [5, 5.41) is 4.23. The molecule has 1 N–H and O–H groups in total. The lowest BCUT2D eigenvalue weighted by Crippen LogP contribution is -2.24. The maximum atomic E-state index is 11.8. The first-order valence-electron chi connectivity index (χ1n) is 7.23. The van der Waals surface area contributed by atoms with E-state index in [0.717, 1.165) is 40.9 Å². The molecule has 3 rings (SSSR count). The molecule has 2 heterocycles. The van der Waals surface area contributed by atoms with Gasteiger partial charge in [-0.2, -0.15) is 0 Å². The Balaban J connectivity index is 1.63. The quantitative estimate of drug-likeness (QED) is 0.880. The van der Waals surface area contributed by atoms with Gasteiger partial charge in [0.1, 0.15) is 0 Å². The molecule has 112 valence electrons.